The smallest absolute Gasteiger partial charge is 0.276 e. The molecule has 1 rings (SSSR count). The van der Waals surface area contributed by atoms with E-state index in [2.05, 4.69) is 29.4 Å². The third kappa shape index (κ3) is 5.18. The van der Waals surface area contributed by atoms with Crippen LogP contribution in [0.2, 0.25) is 0 Å². The SMILES string of the molecule is CCCCNCC(C)Sc1nnc(C)o1. The average Bonchev–Trinajstić information content (AvgIpc) is 2.59. The molecule has 0 saturated carbocycles. The zero-order valence-electron chi connectivity index (χ0n) is 9.62. The van der Waals surface area contributed by atoms with E-state index in [1.807, 2.05) is 0 Å². The lowest BCUT2D eigenvalue weighted by Crippen LogP contribution is -2.23. The second-order valence-corrected chi connectivity index (χ2v) is 4.96. The van der Waals surface area contributed by atoms with E-state index in [0.29, 0.717) is 16.4 Å². The molecule has 1 aromatic heterocycles. The molecule has 0 fully saturated rings. The summed E-state index contributed by atoms with van der Waals surface area (Å²) in [6.07, 6.45) is 2.47. The molecule has 1 unspecified atom stereocenters. The Morgan fingerprint density at radius 1 is 1.47 bits per heavy atom. The van der Waals surface area contributed by atoms with Gasteiger partial charge >= 0.3 is 0 Å². The van der Waals surface area contributed by atoms with Crippen LogP contribution in [0.3, 0.4) is 0 Å². The van der Waals surface area contributed by atoms with Gasteiger partial charge in [-0.25, -0.2) is 0 Å². The fourth-order valence-corrected chi connectivity index (χ4v) is 1.95. The number of hydrogen-bond donors (Lipinski definition) is 1. The summed E-state index contributed by atoms with van der Waals surface area (Å²) < 4.78 is 5.29. The van der Waals surface area contributed by atoms with Crippen molar-refractivity contribution in [3.05, 3.63) is 5.89 Å². The van der Waals surface area contributed by atoms with Crippen molar-refractivity contribution in [2.45, 2.75) is 44.1 Å². The molecule has 0 aliphatic rings. The molecule has 0 spiro atoms. The maximum absolute atomic E-state index is 5.29. The van der Waals surface area contributed by atoms with Gasteiger partial charge in [-0.2, -0.15) is 0 Å². The third-order valence-electron chi connectivity index (χ3n) is 1.95. The quantitative estimate of drug-likeness (QED) is 0.574. The van der Waals surface area contributed by atoms with Gasteiger partial charge in [-0.3, -0.25) is 0 Å². The summed E-state index contributed by atoms with van der Waals surface area (Å²) in [7, 11) is 0. The van der Waals surface area contributed by atoms with E-state index < -0.39 is 0 Å². The zero-order valence-corrected chi connectivity index (χ0v) is 10.4. The fraction of sp³-hybridized carbons (Fsp3) is 0.800. The summed E-state index contributed by atoms with van der Waals surface area (Å²) in [4.78, 5) is 0. The molecule has 15 heavy (non-hydrogen) atoms. The van der Waals surface area contributed by atoms with Gasteiger partial charge in [0.25, 0.3) is 5.22 Å². The highest BCUT2D eigenvalue weighted by Crippen LogP contribution is 2.20. The molecule has 0 radical (unpaired) electrons. The summed E-state index contributed by atoms with van der Waals surface area (Å²) in [6.45, 7) is 8.22. The van der Waals surface area contributed by atoms with E-state index in [4.69, 9.17) is 4.42 Å². The number of aromatic nitrogens is 2. The first-order valence-electron chi connectivity index (χ1n) is 5.40. The number of hydrogen-bond acceptors (Lipinski definition) is 5. The van der Waals surface area contributed by atoms with Crippen LogP contribution in [-0.2, 0) is 0 Å². The van der Waals surface area contributed by atoms with Crippen LogP contribution in [-0.4, -0.2) is 28.5 Å². The Labute approximate surface area is 95.2 Å². The van der Waals surface area contributed by atoms with Crippen LogP contribution in [0.5, 0.6) is 0 Å². The van der Waals surface area contributed by atoms with Gasteiger partial charge in [-0.15, -0.1) is 10.2 Å². The fourth-order valence-electron chi connectivity index (χ4n) is 1.15. The second kappa shape index (κ2) is 6.85. The molecule has 1 N–H and O–H groups in total. The van der Waals surface area contributed by atoms with Gasteiger partial charge in [0.1, 0.15) is 0 Å². The lowest BCUT2D eigenvalue weighted by Gasteiger charge is -2.09. The van der Waals surface area contributed by atoms with Crippen molar-refractivity contribution in [3.8, 4) is 0 Å². The molecule has 0 aromatic carbocycles. The van der Waals surface area contributed by atoms with Crippen LogP contribution < -0.4 is 5.32 Å². The van der Waals surface area contributed by atoms with Crippen molar-refractivity contribution in [3.63, 3.8) is 0 Å². The number of unbranched alkanes of at least 4 members (excludes halogenated alkanes) is 1. The molecular weight excluding hydrogens is 210 g/mol. The van der Waals surface area contributed by atoms with E-state index in [1.54, 1.807) is 18.7 Å². The molecule has 4 nitrogen and oxygen atoms in total. The molecule has 1 atom stereocenters. The van der Waals surface area contributed by atoms with Gasteiger partial charge in [0, 0.05) is 18.7 Å². The van der Waals surface area contributed by atoms with Crippen LogP contribution in [0.15, 0.2) is 9.64 Å². The van der Waals surface area contributed by atoms with E-state index in [1.165, 1.54) is 12.8 Å². The number of rotatable bonds is 7. The topological polar surface area (TPSA) is 51.0 Å². The monoisotopic (exact) mass is 229 g/mol. The third-order valence-corrected chi connectivity index (χ3v) is 2.88. The minimum atomic E-state index is 0.460. The molecule has 86 valence electrons. The Kier molecular flexibility index (Phi) is 5.71. The van der Waals surface area contributed by atoms with Crippen molar-refractivity contribution in [2.24, 2.45) is 0 Å². The molecule has 0 aliphatic heterocycles. The first kappa shape index (κ1) is 12.5. The molecule has 1 heterocycles. The summed E-state index contributed by atoms with van der Waals surface area (Å²) in [6, 6.07) is 0. The predicted octanol–water partition coefficient (Wildman–Crippen LogP) is 2.25. The maximum Gasteiger partial charge on any atom is 0.276 e. The first-order chi connectivity index (χ1) is 7.22. The van der Waals surface area contributed by atoms with Gasteiger partial charge in [0.2, 0.25) is 5.89 Å². The van der Waals surface area contributed by atoms with Crippen LogP contribution >= 0.6 is 11.8 Å². The van der Waals surface area contributed by atoms with E-state index in [-0.39, 0.29) is 0 Å². The number of nitrogens with one attached hydrogen (secondary N) is 1. The van der Waals surface area contributed by atoms with E-state index in [0.717, 1.165) is 13.1 Å². The van der Waals surface area contributed by atoms with Crippen molar-refractivity contribution >= 4 is 11.8 Å². The second-order valence-electron chi connectivity index (χ2n) is 3.57. The van der Waals surface area contributed by atoms with Crippen LogP contribution in [0.25, 0.3) is 0 Å². The number of aryl methyl sites for hydroxylation is 1. The highest BCUT2D eigenvalue weighted by molar-refractivity contribution is 7.99. The lowest BCUT2D eigenvalue weighted by molar-refractivity contribution is 0.428. The molecule has 0 bridgehead atoms. The standard InChI is InChI=1S/C10H19N3OS/c1-4-5-6-11-7-8(2)15-10-13-12-9(3)14-10/h8,11H,4-7H2,1-3H3. The van der Waals surface area contributed by atoms with Crippen molar-refractivity contribution < 1.29 is 4.42 Å². The zero-order chi connectivity index (χ0) is 11.1. The van der Waals surface area contributed by atoms with Gasteiger partial charge < -0.3 is 9.73 Å². The highest BCUT2D eigenvalue weighted by atomic mass is 32.2. The van der Waals surface area contributed by atoms with Crippen LogP contribution in [0.4, 0.5) is 0 Å². The largest absolute Gasteiger partial charge is 0.416 e. The van der Waals surface area contributed by atoms with Gasteiger partial charge in [0.15, 0.2) is 0 Å². The summed E-state index contributed by atoms with van der Waals surface area (Å²) in [5.74, 6) is 0.628. The Balaban J connectivity index is 2.15. The molecular formula is C10H19N3OS. The van der Waals surface area contributed by atoms with Crippen LogP contribution in [0.1, 0.15) is 32.6 Å². The lowest BCUT2D eigenvalue weighted by atomic mass is 10.3. The Hall–Kier alpha value is -0.550. The Morgan fingerprint density at radius 2 is 2.27 bits per heavy atom. The summed E-state index contributed by atoms with van der Waals surface area (Å²) in [5, 5.41) is 12.3. The minimum Gasteiger partial charge on any atom is -0.416 e. The van der Waals surface area contributed by atoms with Crippen LogP contribution in [0, 0.1) is 6.92 Å². The summed E-state index contributed by atoms with van der Waals surface area (Å²) in [5.41, 5.74) is 0. The normalized spacial score (nSPS) is 13.0. The molecule has 1 aromatic rings. The highest BCUT2D eigenvalue weighted by Gasteiger charge is 2.08. The Morgan fingerprint density at radius 3 is 2.87 bits per heavy atom. The van der Waals surface area contributed by atoms with Crippen molar-refractivity contribution in [2.75, 3.05) is 13.1 Å². The van der Waals surface area contributed by atoms with Gasteiger partial charge in [0.05, 0.1) is 0 Å². The van der Waals surface area contributed by atoms with E-state index >= 15 is 0 Å². The first-order valence-corrected chi connectivity index (χ1v) is 6.27. The molecule has 5 heteroatoms. The molecule has 0 aliphatic carbocycles. The Bertz CT molecular complexity index is 277. The van der Waals surface area contributed by atoms with E-state index in [9.17, 15) is 0 Å². The maximum atomic E-state index is 5.29. The average molecular weight is 229 g/mol. The molecule has 0 amide bonds. The summed E-state index contributed by atoms with van der Waals surface area (Å²) >= 11 is 1.62. The molecule has 0 saturated heterocycles. The van der Waals surface area contributed by atoms with Gasteiger partial charge in [-0.05, 0) is 13.0 Å². The van der Waals surface area contributed by atoms with Crippen molar-refractivity contribution in [1.82, 2.24) is 15.5 Å². The predicted molar refractivity (Wildman–Crippen MR) is 62.1 cm³/mol. The van der Waals surface area contributed by atoms with Crippen molar-refractivity contribution in [1.29, 1.82) is 0 Å². The number of thioether (sulfide) groups is 1. The van der Waals surface area contributed by atoms with Gasteiger partial charge in [-0.1, -0.05) is 32.0 Å². The minimum absolute atomic E-state index is 0.460. The number of nitrogens with zero attached hydrogens (tertiary/aromatic N) is 2.